The summed E-state index contributed by atoms with van der Waals surface area (Å²) in [4.78, 5) is 21.4. The lowest BCUT2D eigenvalue weighted by Gasteiger charge is -2.35. The van der Waals surface area contributed by atoms with Crippen molar-refractivity contribution < 1.29 is 9.53 Å². The summed E-state index contributed by atoms with van der Waals surface area (Å²) in [6.07, 6.45) is 4.32. The molecule has 1 amide bonds. The highest BCUT2D eigenvalue weighted by Crippen LogP contribution is 2.16. The van der Waals surface area contributed by atoms with Crippen LogP contribution < -0.4 is 4.74 Å². The van der Waals surface area contributed by atoms with E-state index in [0.29, 0.717) is 18.9 Å². The molecule has 0 saturated carbocycles. The molecule has 1 fully saturated rings. The molecule has 2 heterocycles. The van der Waals surface area contributed by atoms with Crippen molar-refractivity contribution in [3.05, 3.63) is 48.0 Å². The van der Waals surface area contributed by atoms with Crippen molar-refractivity contribution in [2.45, 2.75) is 39.3 Å². The number of amides is 1. The third kappa shape index (κ3) is 5.10. The van der Waals surface area contributed by atoms with Crippen LogP contribution in [-0.2, 0) is 17.9 Å². The van der Waals surface area contributed by atoms with Crippen molar-refractivity contribution in [1.29, 1.82) is 0 Å². The van der Waals surface area contributed by atoms with E-state index in [0.717, 1.165) is 44.3 Å². The fourth-order valence-corrected chi connectivity index (χ4v) is 3.57. The van der Waals surface area contributed by atoms with Gasteiger partial charge < -0.3 is 14.2 Å². The third-order valence-corrected chi connectivity index (χ3v) is 5.10. The Morgan fingerprint density at radius 1 is 1.22 bits per heavy atom. The maximum atomic E-state index is 12.6. The summed E-state index contributed by atoms with van der Waals surface area (Å²) in [5, 5.41) is 0. The van der Waals surface area contributed by atoms with Crippen molar-refractivity contribution in [1.82, 2.24) is 19.4 Å². The zero-order valence-corrected chi connectivity index (χ0v) is 16.6. The Morgan fingerprint density at radius 3 is 2.70 bits per heavy atom. The lowest BCUT2D eigenvalue weighted by atomic mass is 10.2. The van der Waals surface area contributed by atoms with E-state index >= 15 is 0 Å². The van der Waals surface area contributed by atoms with Gasteiger partial charge in [0, 0.05) is 64.0 Å². The van der Waals surface area contributed by atoms with Crippen LogP contribution in [0.2, 0.25) is 0 Å². The Morgan fingerprint density at radius 2 is 2.00 bits per heavy atom. The maximum Gasteiger partial charge on any atom is 0.224 e. The normalized spacial score (nSPS) is 15.3. The minimum atomic E-state index is 0.236. The Labute approximate surface area is 161 Å². The zero-order valence-electron chi connectivity index (χ0n) is 16.6. The second-order valence-corrected chi connectivity index (χ2v) is 7.39. The number of hydrogen-bond donors (Lipinski definition) is 0. The van der Waals surface area contributed by atoms with Crippen molar-refractivity contribution in [3.8, 4) is 5.75 Å². The minimum absolute atomic E-state index is 0.236. The van der Waals surface area contributed by atoms with Gasteiger partial charge in [-0.25, -0.2) is 4.98 Å². The second-order valence-electron chi connectivity index (χ2n) is 7.39. The van der Waals surface area contributed by atoms with Crippen LogP contribution in [0, 0.1) is 0 Å². The number of nitrogens with zero attached hydrogens (tertiary/aromatic N) is 4. The molecule has 146 valence electrons. The number of carbonyl (C=O) groups excluding carboxylic acids is 1. The molecule has 0 radical (unpaired) electrons. The van der Waals surface area contributed by atoms with Crippen LogP contribution in [0.3, 0.4) is 0 Å². The number of hydrogen-bond acceptors (Lipinski definition) is 4. The van der Waals surface area contributed by atoms with Gasteiger partial charge in [0.25, 0.3) is 0 Å². The highest BCUT2D eigenvalue weighted by Gasteiger charge is 2.21. The summed E-state index contributed by atoms with van der Waals surface area (Å²) in [7, 11) is 1.69. The monoisotopic (exact) mass is 370 g/mol. The second kappa shape index (κ2) is 9.04. The molecule has 0 bridgehead atoms. The van der Waals surface area contributed by atoms with Gasteiger partial charge in [-0.15, -0.1) is 0 Å². The number of aryl methyl sites for hydroxylation is 1. The molecule has 6 heteroatoms. The molecule has 1 aromatic heterocycles. The van der Waals surface area contributed by atoms with Crippen LogP contribution >= 0.6 is 0 Å². The van der Waals surface area contributed by atoms with Gasteiger partial charge in [0.15, 0.2) is 0 Å². The van der Waals surface area contributed by atoms with E-state index in [1.165, 1.54) is 5.56 Å². The fourth-order valence-electron chi connectivity index (χ4n) is 3.57. The fraction of sp³-hybridized carbons (Fsp3) is 0.524. The predicted octanol–water partition coefficient (Wildman–Crippen LogP) is 2.75. The summed E-state index contributed by atoms with van der Waals surface area (Å²) in [6.45, 7) is 9.26. The molecule has 1 aromatic carbocycles. The molecule has 3 rings (SSSR count). The summed E-state index contributed by atoms with van der Waals surface area (Å²) in [5.74, 6) is 2.54. The topological polar surface area (TPSA) is 50.6 Å². The van der Waals surface area contributed by atoms with E-state index in [9.17, 15) is 4.79 Å². The molecule has 2 aromatic rings. The standard InChI is InChI=1S/C21H30N4O2/c1-17(2)21-22-8-10-25(21)9-7-20(26)24-13-11-23(12-14-24)16-18-5-4-6-19(15-18)27-3/h4-6,8,10,15,17H,7,9,11-14,16H2,1-3H3. The average Bonchev–Trinajstić information content (AvgIpc) is 3.16. The zero-order chi connectivity index (χ0) is 19.2. The van der Waals surface area contributed by atoms with Gasteiger partial charge in [-0.3, -0.25) is 9.69 Å². The van der Waals surface area contributed by atoms with Crippen LogP contribution in [0.25, 0.3) is 0 Å². The molecule has 27 heavy (non-hydrogen) atoms. The summed E-state index contributed by atoms with van der Waals surface area (Å²) < 4.78 is 7.39. The maximum absolute atomic E-state index is 12.6. The van der Waals surface area contributed by atoms with E-state index in [1.54, 1.807) is 7.11 Å². The summed E-state index contributed by atoms with van der Waals surface area (Å²) in [5.41, 5.74) is 1.25. The molecule has 1 saturated heterocycles. The van der Waals surface area contributed by atoms with Gasteiger partial charge in [0.2, 0.25) is 5.91 Å². The van der Waals surface area contributed by atoms with Gasteiger partial charge in [0.05, 0.1) is 7.11 Å². The summed E-state index contributed by atoms with van der Waals surface area (Å²) >= 11 is 0. The molecule has 0 unspecified atom stereocenters. The largest absolute Gasteiger partial charge is 0.497 e. The van der Waals surface area contributed by atoms with E-state index in [-0.39, 0.29) is 5.91 Å². The average molecular weight is 370 g/mol. The molecule has 0 N–H and O–H groups in total. The first-order valence-electron chi connectivity index (χ1n) is 9.71. The first kappa shape index (κ1) is 19.4. The Balaban J connectivity index is 1.45. The lowest BCUT2D eigenvalue weighted by Crippen LogP contribution is -2.48. The van der Waals surface area contributed by atoms with Gasteiger partial charge in [0.1, 0.15) is 11.6 Å². The van der Waals surface area contributed by atoms with Crippen molar-refractivity contribution in [2.75, 3.05) is 33.3 Å². The van der Waals surface area contributed by atoms with E-state index in [1.807, 2.05) is 29.4 Å². The number of methoxy groups -OCH3 is 1. The van der Waals surface area contributed by atoms with Crippen LogP contribution in [0.4, 0.5) is 0 Å². The van der Waals surface area contributed by atoms with Gasteiger partial charge in [-0.2, -0.15) is 0 Å². The quantitative estimate of drug-likeness (QED) is 0.752. The smallest absolute Gasteiger partial charge is 0.224 e. The summed E-state index contributed by atoms with van der Waals surface area (Å²) in [6, 6.07) is 8.19. The predicted molar refractivity (Wildman–Crippen MR) is 106 cm³/mol. The van der Waals surface area contributed by atoms with Crippen LogP contribution in [0.15, 0.2) is 36.7 Å². The van der Waals surface area contributed by atoms with E-state index < -0.39 is 0 Å². The molecule has 0 spiro atoms. The SMILES string of the molecule is COc1cccc(CN2CCN(C(=O)CCn3ccnc3C(C)C)CC2)c1. The number of rotatable bonds is 7. The van der Waals surface area contributed by atoms with Crippen LogP contribution in [0.5, 0.6) is 5.75 Å². The van der Waals surface area contributed by atoms with Crippen LogP contribution in [0.1, 0.15) is 37.6 Å². The van der Waals surface area contributed by atoms with Gasteiger partial charge in [-0.05, 0) is 17.7 Å². The van der Waals surface area contributed by atoms with Gasteiger partial charge in [-0.1, -0.05) is 26.0 Å². The molecule has 6 nitrogen and oxygen atoms in total. The molecular formula is C21H30N4O2. The number of piperazine rings is 1. The van der Waals surface area contributed by atoms with Crippen molar-refractivity contribution in [2.24, 2.45) is 0 Å². The van der Waals surface area contributed by atoms with Crippen molar-refractivity contribution >= 4 is 5.91 Å². The highest BCUT2D eigenvalue weighted by atomic mass is 16.5. The van der Waals surface area contributed by atoms with Crippen LogP contribution in [-0.4, -0.2) is 58.5 Å². The Hall–Kier alpha value is -2.34. The molecule has 0 aliphatic carbocycles. The molecular weight excluding hydrogens is 340 g/mol. The third-order valence-electron chi connectivity index (χ3n) is 5.10. The lowest BCUT2D eigenvalue weighted by molar-refractivity contribution is -0.133. The Bertz CT molecular complexity index is 748. The number of ether oxygens (including phenoxy) is 1. The number of imidazole rings is 1. The van der Waals surface area contributed by atoms with E-state index in [4.69, 9.17) is 4.74 Å². The first-order valence-corrected chi connectivity index (χ1v) is 9.71. The first-order chi connectivity index (χ1) is 13.1. The Kier molecular flexibility index (Phi) is 6.50. The van der Waals surface area contributed by atoms with Crippen molar-refractivity contribution in [3.63, 3.8) is 0 Å². The number of benzene rings is 1. The molecule has 1 aliphatic rings. The van der Waals surface area contributed by atoms with Gasteiger partial charge >= 0.3 is 0 Å². The molecule has 0 atom stereocenters. The highest BCUT2D eigenvalue weighted by molar-refractivity contribution is 5.76. The minimum Gasteiger partial charge on any atom is -0.497 e. The number of aromatic nitrogens is 2. The number of carbonyl (C=O) groups is 1. The molecule has 1 aliphatic heterocycles. The van der Waals surface area contributed by atoms with E-state index in [2.05, 4.69) is 40.4 Å².